The Morgan fingerprint density at radius 2 is 1.61 bits per heavy atom. The smallest absolute Gasteiger partial charge is 0.330 e. The Balaban J connectivity index is 1.62. The lowest BCUT2D eigenvalue weighted by atomic mass is 9.91. The Hall–Kier alpha value is -4.33. The lowest BCUT2D eigenvalue weighted by Gasteiger charge is -2.20. The number of nitrogens with zero attached hydrogens (tertiary/aromatic N) is 2. The third kappa shape index (κ3) is 4.88. The molecule has 1 amide bonds. The second-order valence-electron chi connectivity index (χ2n) is 8.65. The molecule has 0 aliphatic rings. The van der Waals surface area contributed by atoms with Gasteiger partial charge in [-0.3, -0.25) is 18.7 Å². The number of hydrogen-bond acceptors (Lipinski definition) is 5. The summed E-state index contributed by atoms with van der Waals surface area (Å²) in [6.07, 6.45) is 0.705. The van der Waals surface area contributed by atoms with E-state index >= 15 is 0 Å². The Bertz CT molecular complexity index is 1520. The van der Waals surface area contributed by atoms with Crippen LogP contribution in [0.3, 0.4) is 0 Å². The highest BCUT2D eigenvalue weighted by Crippen LogP contribution is 2.32. The lowest BCUT2D eigenvalue weighted by molar-refractivity contribution is 0.0951. The van der Waals surface area contributed by atoms with Gasteiger partial charge in [0.15, 0.2) is 11.5 Å². The van der Waals surface area contributed by atoms with Gasteiger partial charge >= 0.3 is 5.69 Å². The van der Waals surface area contributed by atoms with Crippen LogP contribution in [0.15, 0.2) is 76.3 Å². The number of amides is 1. The monoisotopic (exact) mass is 487 g/mol. The van der Waals surface area contributed by atoms with Gasteiger partial charge in [-0.05, 0) is 47.9 Å². The van der Waals surface area contributed by atoms with Crippen LogP contribution in [0.5, 0.6) is 11.5 Å². The molecule has 1 heterocycles. The Kier molecular flexibility index (Phi) is 7.24. The zero-order valence-corrected chi connectivity index (χ0v) is 20.8. The highest BCUT2D eigenvalue weighted by atomic mass is 16.5. The molecule has 36 heavy (non-hydrogen) atoms. The number of rotatable bonds is 8. The van der Waals surface area contributed by atoms with E-state index in [0.29, 0.717) is 40.9 Å². The first-order valence-electron chi connectivity index (χ1n) is 11.6. The fraction of sp³-hybridized carbons (Fsp3) is 0.250. The minimum Gasteiger partial charge on any atom is -0.493 e. The largest absolute Gasteiger partial charge is 0.493 e. The molecule has 0 fully saturated rings. The van der Waals surface area contributed by atoms with E-state index in [1.807, 2.05) is 36.4 Å². The van der Waals surface area contributed by atoms with E-state index in [0.717, 1.165) is 15.7 Å². The van der Waals surface area contributed by atoms with Gasteiger partial charge in [0.25, 0.3) is 11.5 Å². The van der Waals surface area contributed by atoms with E-state index < -0.39 is 11.2 Å². The van der Waals surface area contributed by atoms with Crippen molar-refractivity contribution in [3.63, 3.8) is 0 Å². The number of hydrogen-bond donors (Lipinski definition) is 1. The topological polar surface area (TPSA) is 91.6 Å². The van der Waals surface area contributed by atoms with Crippen molar-refractivity contribution < 1.29 is 14.3 Å². The summed E-state index contributed by atoms with van der Waals surface area (Å²) in [6.45, 7) is 0.368. The first kappa shape index (κ1) is 24.8. The Labute approximate surface area is 208 Å². The zero-order chi connectivity index (χ0) is 25.8. The molecule has 1 atom stereocenters. The number of ether oxygens (including phenoxy) is 2. The number of aromatic nitrogens is 2. The molecule has 0 aliphatic heterocycles. The summed E-state index contributed by atoms with van der Waals surface area (Å²) in [7, 11) is 6.21. The first-order valence-corrected chi connectivity index (χ1v) is 11.6. The van der Waals surface area contributed by atoms with Crippen LogP contribution in [-0.2, 0) is 20.5 Å². The van der Waals surface area contributed by atoms with E-state index in [1.54, 1.807) is 33.4 Å². The van der Waals surface area contributed by atoms with Crippen molar-refractivity contribution in [1.82, 2.24) is 14.5 Å². The number of fused-ring (bicyclic) bond motifs is 1. The predicted molar refractivity (Wildman–Crippen MR) is 139 cm³/mol. The molecular formula is C28H29N3O5. The molecular weight excluding hydrogens is 458 g/mol. The molecule has 0 aliphatic carbocycles. The van der Waals surface area contributed by atoms with Gasteiger partial charge in [0, 0.05) is 32.1 Å². The van der Waals surface area contributed by atoms with Crippen LogP contribution < -0.4 is 26.0 Å². The summed E-state index contributed by atoms with van der Waals surface area (Å²) in [4.78, 5) is 38.0. The van der Waals surface area contributed by atoms with Gasteiger partial charge in [-0.15, -0.1) is 0 Å². The fourth-order valence-electron chi connectivity index (χ4n) is 4.37. The number of carbonyl (C=O) groups excluding carboxylic acids is 1. The molecule has 0 saturated heterocycles. The van der Waals surface area contributed by atoms with Gasteiger partial charge < -0.3 is 14.8 Å². The SMILES string of the molecule is COc1ccc([C@@H](CNC(=O)c2ccc3c(c2)c(=O)n(C)c(=O)n3C)Cc2ccccc2)cc1OC. The molecule has 186 valence electrons. The molecule has 0 saturated carbocycles. The molecule has 8 heteroatoms. The van der Waals surface area contributed by atoms with E-state index in [4.69, 9.17) is 9.47 Å². The molecule has 0 bridgehead atoms. The molecule has 0 radical (unpaired) electrons. The average Bonchev–Trinajstić information content (AvgIpc) is 2.92. The molecule has 4 aromatic rings. The quantitative estimate of drug-likeness (QED) is 0.413. The summed E-state index contributed by atoms with van der Waals surface area (Å²) in [5.74, 6) is 0.919. The maximum Gasteiger partial charge on any atom is 0.330 e. The zero-order valence-electron chi connectivity index (χ0n) is 20.8. The number of nitrogens with one attached hydrogen (secondary N) is 1. The molecule has 3 aromatic carbocycles. The predicted octanol–water partition coefficient (Wildman–Crippen LogP) is 3.01. The van der Waals surface area contributed by atoms with Gasteiger partial charge in [-0.25, -0.2) is 4.79 Å². The third-order valence-corrected chi connectivity index (χ3v) is 6.44. The number of benzene rings is 3. The molecule has 1 aromatic heterocycles. The van der Waals surface area contributed by atoms with Gasteiger partial charge in [0.1, 0.15) is 0 Å². The van der Waals surface area contributed by atoms with Crippen LogP contribution in [0.2, 0.25) is 0 Å². The molecule has 0 unspecified atom stereocenters. The van der Waals surface area contributed by atoms with Crippen LogP contribution in [0.25, 0.3) is 10.9 Å². The summed E-state index contributed by atoms with van der Waals surface area (Å²) >= 11 is 0. The second kappa shape index (κ2) is 10.5. The minimum atomic E-state index is -0.435. The van der Waals surface area contributed by atoms with Gasteiger partial charge in [0.2, 0.25) is 0 Å². The standard InChI is InChI=1S/C28H29N3O5/c1-30-23-12-10-20(15-22(23)27(33)31(2)28(30)34)26(32)29-17-21(14-18-8-6-5-7-9-18)19-11-13-24(35-3)25(16-19)36-4/h5-13,15-16,21H,14,17H2,1-4H3,(H,29,32)/t21-/m1/s1. The van der Waals surface area contributed by atoms with E-state index in [1.165, 1.54) is 17.7 Å². The third-order valence-electron chi connectivity index (χ3n) is 6.44. The van der Waals surface area contributed by atoms with Crippen LogP contribution in [0.1, 0.15) is 27.4 Å². The molecule has 1 N–H and O–H groups in total. The van der Waals surface area contributed by atoms with E-state index in [2.05, 4.69) is 17.4 Å². The van der Waals surface area contributed by atoms with Crippen molar-refractivity contribution in [2.24, 2.45) is 14.1 Å². The van der Waals surface area contributed by atoms with Crippen molar-refractivity contribution in [3.8, 4) is 11.5 Å². The second-order valence-corrected chi connectivity index (χ2v) is 8.65. The van der Waals surface area contributed by atoms with Crippen LogP contribution >= 0.6 is 0 Å². The molecule has 0 spiro atoms. The van der Waals surface area contributed by atoms with Crippen molar-refractivity contribution >= 4 is 16.8 Å². The van der Waals surface area contributed by atoms with E-state index in [9.17, 15) is 14.4 Å². The lowest BCUT2D eigenvalue weighted by Crippen LogP contribution is -2.37. The average molecular weight is 488 g/mol. The number of carbonyl (C=O) groups is 1. The highest BCUT2D eigenvalue weighted by Gasteiger charge is 2.18. The van der Waals surface area contributed by atoms with Gasteiger partial charge in [-0.2, -0.15) is 0 Å². The highest BCUT2D eigenvalue weighted by molar-refractivity contribution is 5.97. The molecule has 4 rings (SSSR count). The van der Waals surface area contributed by atoms with Crippen molar-refractivity contribution in [2.75, 3.05) is 20.8 Å². The van der Waals surface area contributed by atoms with Crippen molar-refractivity contribution in [2.45, 2.75) is 12.3 Å². The Morgan fingerprint density at radius 1 is 0.889 bits per heavy atom. The number of aryl methyl sites for hydroxylation is 1. The fourth-order valence-corrected chi connectivity index (χ4v) is 4.37. The van der Waals surface area contributed by atoms with Crippen molar-refractivity contribution in [3.05, 3.63) is 104 Å². The first-order chi connectivity index (χ1) is 17.3. The van der Waals surface area contributed by atoms with Gasteiger partial charge in [-0.1, -0.05) is 36.4 Å². The van der Waals surface area contributed by atoms with Crippen LogP contribution in [0.4, 0.5) is 0 Å². The van der Waals surface area contributed by atoms with Gasteiger partial charge in [0.05, 0.1) is 25.1 Å². The maximum atomic E-state index is 13.1. The normalized spacial score (nSPS) is 11.8. The van der Waals surface area contributed by atoms with Crippen LogP contribution in [-0.4, -0.2) is 35.8 Å². The Morgan fingerprint density at radius 3 is 2.31 bits per heavy atom. The maximum absolute atomic E-state index is 13.1. The minimum absolute atomic E-state index is 0.0368. The summed E-state index contributed by atoms with van der Waals surface area (Å²) in [5, 5.41) is 3.33. The van der Waals surface area contributed by atoms with Crippen LogP contribution in [0, 0.1) is 0 Å². The van der Waals surface area contributed by atoms with E-state index in [-0.39, 0.29) is 11.8 Å². The molecule has 8 nitrogen and oxygen atoms in total. The summed E-state index contributed by atoms with van der Waals surface area (Å²) < 4.78 is 13.3. The summed E-state index contributed by atoms with van der Waals surface area (Å²) in [6, 6.07) is 20.6. The number of methoxy groups -OCH3 is 2. The summed E-state index contributed by atoms with van der Waals surface area (Å²) in [5.41, 5.74) is 2.12. The van der Waals surface area contributed by atoms with Crippen molar-refractivity contribution in [1.29, 1.82) is 0 Å².